The maximum absolute atomic E-state index is 12.0. The lowest BCUT2D eigenvalue weighted by atomic mass is 10.1. The van der Waals surface area contributed by atoms with Crippen molar-refractivity contribution in [2.45, 2.75) is 20.8 Å². The van der Waals surface area contributed by atoms with Crippen LogP contribution in [0.15, 0.2) is 10.9 Å². The van der Waals surface area contributed by atoms with Crippen LogP contribution in [-0.4, -0.2) is 0 Å². The Kier molecular flexibility index (Phi) is 3.06. The van der Waals surface area contributed by atoms with Gasteiger partial charge in [0.05, 0.1) is 0 Å². The number of halogens is 2. The van der Waals surface area contributed by atoms with E-state index in [9.17, 15) is 4.39 Å². The number of hydrogen-bond acceptors (Lipinski definition) is 0. The fourth-order valence-electron chi connectivity index (χ4n) is 0.218. The number of hydrogen-bond donors (Lipinski definition) is 0. The predicted octanol–water partition coefficient (Wildman–Crippen LogP) is 3.08. The van der Waals surface area contributed by atoms with Gasteiger partial charge in [-0.2, -0.15) is 4.39 Å². The van der Waals surface area contributed by atoms with Gasteiger partial charge in [-0.1, -0.05) is 25.4 Å². The third-order valence-corrected chi connectivity index (χ3v) is 1.46. The minimum atomic E-state index is -0.569. The standard InChI is InChI=1S/C6H10ClF/c1-4(2)5(3)6(7)8/h4H,1-3H3/b6-5+. The van der Waals surface area contributed by atoms with Crippen LogP contribution in [0.3, 0.4) is 0 Å². The summed E-state index contributed by atoms with van der Waals surface area (Å²) >= 11 is 5.04. The van der Waals surface area contributed by atoms with Gasteiger partial charge in [-0.05, 0) is 18.4 Å². The summed E-state index contributed by atoms with van der Waals surface area (Å²) in [5.74, 6) is 0.215. The van der Waals surface area contributed by atoms with Gasteiger partial charge in [-0.15, -0.1) is 0 Å². The lowest BCUT2D eigenvalue weighted by Gasteiger charge is -2.01. The molecule has 0 bridgehead atoms. The van der Waals surface area contributed by atoms with E-state index in [4.69, 9.17) is 11.6 Å². The maximum Gasteiger partial charge on any atom is 0.188 e. The van der Waals surface area contributed by atoms with Crippen LogP contribution >= 0.6 is 11.6 Å². The summed E-state index contributed by atoms with van der Waals surface area (Å²) in [6, 6.07) is 0. The highest BCUT2D eigenvalue weighted by atomic mass is 35.5. The van der Waals surface area contributed by atoms with Gasteiger partial charge in [0.2, 0.25) is 0 Å². The molecule has 0 aromatic rings. The molecule has 0 nitrogen and oxygen atoms in total. The molecule has 0 rings (SSSR count). The van der Waals surface area contributed by atoms with Gasteiger partial charge in [-0.3, -0.25) is 0 Å². The molecular formula is C6H10ClF. The van der Waals surface area contributed by atoms with Crippen molar-refractivity contribution >= 4 is 11.6 Å². The molecule has 0 saturated heterocycles. The second-order valence-corrected chi connectivity index (χ2v) is 2.43. The zero-order valence-corrected chi connectivity index (χ0v) is 6.09. The molecule has 48 valence electrons. The Hall–Kier alpha value is -0.0400. The van der Waals surface area contributed by atoms with Crippen molar-refractivity contribution in [2.24, 2.45) is 5.92 Å². The topological polar surface area (TPSA) is 0 Å². The Balaban J connectivity index is 4.00. The summed E-state index contributed by atoms with van der Waals surface area (Å²) in [5, 5.41) is -0.569. The van der Waals surface area contributed by atoms with Crippen molar-refractivity contribution in [3.05, 3.63) is 10.9 Å². The zero-order valence-electron chi connectivity index (χ0n) is 5.33. The Labute approximate surface area is 54.3 Å². The van der Waals surface area contributed by atoms with E-state index < -0.39 is 5.29 Å². The summed E-state index contributed by atoms with van der Waals surface area (Å²) in [7, 11) is 0. The molecule has 0 atom stereocenters. The lowest BCUT2D eigenvalue weighted by molar-refractivity contribution is 0.643. The van der Waals surface area contributed by atoms with Gasteiger partial charge in [0, 0.05) is 0 Å². The van der Waals surface area contributed by atoms with Crippen LogP contribution in [0.5, 0.6) is 0 Å². The van der Waals surface area contributed by atoms with Crippen LogP contribution in [0.4, 0.5) is 4.39 Å². The molecule has 8 heavy (non-hydrogen) atoms. The molecular weight excluding hydrogens is 127 g/mol. The predicted molar refractivity (Wildman–Crippen MR) is 34.5 cm³/mol. The molecule has 0 radical (unpaired) electrons. The van der Waals surface area contributed by atoms with Gasteiger partial charge in [0.15, 0.2) is 5.29 Å². The minimum Gasteiger partial charge on any atom is -0.194 e. The third kappa shape index (κ3) is 2.31. The SMILES string of the molecule is C/C(=C(\F)Cl)C(C)C. The average molecular weight is 137 g/mol. The summed E-state index contributed by atoms with van der Waals surface area (Å²) in [4.78, 5) is 0. The lowest BCUT2D eigenvalue weighted by Crippen LogP contribution is -1.88. The fourth-order valence-corrected chi connectivity index (χ4v) is 0.436. The molecule has 0 N–H and O–H groups in total. The molecule has 0 amide bonds. The van der Waals surface area contributed by atoms with Gasteiger partial charge in [0.1, 0.15) is 0 Å². The summed E-state index contributed by atoms with van der Waals surface area (Å²) < 4.78 is 12.0. The minimum absolute atomic E-state index is 0.215. The Bertz CT molecular complexity index is 101. The summed E-state index contributed by atoms with van der Waals surface area (Å²) in [5.41, 5.74) is 0.617. The van der Waals surface area contributed by atoms with Crippen molar-refractivity contribution < 1.29 is 4.39 Å². The molecule has 0 spiro atoms. The Morgan fingerprint density at radius 1 is 1.50 bits per heavy atom. The molecule has 0 aliphatic heterocycles. The molecule has 2 heteroatoms. The van der Waals surface area contributed by atoms with E-state index in [-0.39, 0.29) is 5.92 Å². The first kappa shape index (κ1) is 7.96. The highest BCUT2D eigenvalue weighted by molar-refractivity contribution is 6.28. The first-order valence-electron chi connectivity index (χ1n) is 2.57. The third-order valence-electron chi connectivity index (χ3n) is 1.16. The van der Waals surface area contributed by atoms with Crippen molar-refractivity contribution in [1.29, 1.82) is 0 Å². The van der Waals surface area contributed by atoms with Crippen molar-refractivity contribution in [2.75, 3.05) is 0 Å². The van der Waals surface area contributed by atoms with E-state index in [1.807, 2.05) is 13.8 Å². The summed E-state index contributed by atoms with van der Waals surface area (Å²) in [6.45, 7) is 5.49. The molecule has 0 aromatic heterocycles. The van der Waals surface area contributed by atoms with Gasteiger partial charge >= 0.3 is 0 Å². The molecule has 0 aliphatic carbocycles. The molecule has 0 saturated carbocycles. The van der Waals surface area contributed by atoms with Crippen LogP contribution < -0.4 is 0 Å². The van der Waals surface area contributed by atoms with Crippen LogP contribution in [0.1, 0.15) is 20.8 Å². The van der Waals surface area contributed by atoms with E-state index in [2.05, 4.69) is 0 Å². The van der Waals surface area contributed by atoms with E-state index >= 15 is 0 Å². The molecule has 0 unspecified atom stereocenters. The average Bonchev–Trinajstić information content (AvgIpc) is 1.64. The Morgan fingerprint density at radius 2 is 1.88 bits per heavy atom. The second-order valence-electron chi connectivity index (χ2n) is 2.10. The van der Waals surface area contributed by atoms with Crippen molar-refractivity contribution in [1.82, 2.24) is 0 Å². The second kappa shape index (κ2) is 3.08. The quantitative estimate of drug-likeness (QED) is 0.520. The van der Waals surface area contributed by atoms with Crippen LogP contribution in [-0.2, 0) is 0 Å². The molecule has 0 aromatic carbocycles. The normalized spacial score (nSPS) is 14.2. The maximum atomic E-state index is 12.0. The highest BCUT2D eigenvalue weighted by Crippen LogP contribution is 2.17. The van der Waals surface area contributed by atoms with E-state index in [1.54, 1.807) is 6.92 Å². The van der Waals surface area contributed by atoms with Crippen LogP contribution in [0.2, 0.25) is 0 Å². The monoisotopic (exact) mass is 136 g/mol. The number of allylic oxidation sites excluding steroid dienone is 1. The van der Waals surface area contributed by atoms with Crippen molar-refractivity contribution in [3.8, 4) is 0 Å². The Morgan fingerprint density at radius 3 is 1.88 bits per heavy atom. The smallest absolute Gasteiger partial charge is 0.188 e. The molecule has 0 heterocycles. The van der Waals surface area contributed by atoms with Crippen LogP contribution in [0.25, 0.3) is 0 Å². The fraction of sp³-hybridized carbons (Fsp3) is 0.667. The largest absolute Gasteiger partial charge is 0.194 e. The van der Waals surface area contributed by atoms with Crippen LogP contribution in [0, 0.1) is 5.92 Å². The first-order chi connectivity index (χ1) is 3.55. The molecule has 0 aliphatic rings. The van der Waals surface area contributed by atoms with E-state index in [0.29, 0.717) is 5.57 Å². The van der Waals surface area contributed by atoms with Crippen molar-refractivity contribution in [3.63, 3.8) is 0 Å². The molecule has 0 fully saturated rings. The first-order valence-corrected chi connectivity index (χ1v) is 2.95. The zero-order chi connectivity index (χ0) is 6.73. The van der Waals surface area contributed by atoms with Gasteiger partial charge in [0.25, 0.3) is 0 Å². The van der Waals surface area contributed by atoms with E-state index in [1.165, 1.54) is 0 Å². The summed E-state index contributed by atoms with van der Waals surface area (Å²) in [6.07, 6.45) is 0. The number of rotatable bonds is 1. The van der Waals surface area contributed by atoms with Gasteiger partial charge in [-0.25, -0.2) is 0 Å². The van der Waals surface area contributed by atoms with E-state index in [0.717, 1.165) is 0 Å². The highest BCUT2D eigenvalue weighted by Gasteiger charge is 2.00. The van der Waals surface area contributed by atoms with Gasteiger partial charge < -0.3 is 0 Å².